The van der Waals surface area contributed by atoms with Crippen molar-refractivity contribution < 1.29 is 13.9 Å². The van der Waals surface area contributed by atoms with Gasteiger partial charge in [0, 0.05) is 31.5 Å². The zero-order chi connectivity index (χ0) is 22.7. The van der Waals surface area contributed by atoms with Crippen LogP contribution in [-0.2, 0) is 20.6 Å². The molecule has 2 atom stereocenters. The molecule has 0 saturated heterocycles. The van der Waals surface area contributed by atoms with Gasteiger partial charge in [-0.05, 0) is 35.9 Å². The Morgan fingerprint density at radius 1 is 1.22 bits per heavy atom. The molecule has 1 N–H and O–H groups in total. The number of thioether (sulfide) groups is 1. The van der Waals surface area contributed by atoms with E-state index in [-0.39, 0.29) is 17.1 Å². The van der Waals surface area contributed by atoms with E-state index in [9.17, 15) is 19.1 Å². The fourth-order valence-corrected chi connectivity index (χ4v) is 5.89. The molecule has 0 fully saturated rings. The lowest BCUT2D eigenvalue weighted by Gasteiger charge is -2.30. The van der Waals surface area contributed by atoms with Gasteiger partial charge >= 0.3 is 5.69 Å². The quantitative estimate of drug-likeness (QED) is 0.491. The number of fused-ring (bicyclic) bond motifs is 3. The van der Waals surface area contributed by atoms with Gasteiger partial charge in [0.05, 0.1) is 28.9 Å². The zero-order valence-electron chi connectivity index (χ0n) is 17.2. The molecule has 0 amide bonds. The number of furan rings is 1. The summed E-state index contributed by atoms with van der Waals surface area (Å²) in [5.41, 5.74) is 1.22. The van der Waals surface area contributed by atoms with Gasteiger partial charge < -0.3 is 14.1 Å². The molecule has 0 saturated carbocycles. The summed E-state index contributed by atoms with van der Waals surface area (Å²) in [4.78, 5) is 26.2. The Morgan fingerprint density at radius 2 is 2.00 bits per heavy atom. The van der Waals surface area contributed by atoms with E-state index < -0.39 is 22.3 Å². The minimum atomic E-state index is -0.467. The molecule has 166 valence electrons. The van der Waals surface area contributed by atoms with Gasteiger partial charge in [0.15, 0.2) is 5.22 Å². The Hall–Kier alpha value is -2.75. The van der Waals surface area contributed by atoms with Gasteiger partial charge in [-0.25, -0.2) is 9.18 Å². The molecule has 10 heteroatoms. The molecule has 0 bridgehead atoms. The molecule has 7 nitrogen and oxygen atoms in total. The monoisotopic (exact) mass is 475 g/mol. The van der Waals surface area contributed by atoms with E-state index in [1.165, 1.54) is 35.5 Å². The number of aromatic nitrogens is 3. The molecule has 32 heavy (non-hydrogen) atoms. The second kappa shape index (κ2) is 7.68. The van der Waals surface area contributed by atoms with E-state index in [1.807, 2.05) is 4.57 Å². The second-order valence-corrected chi connectivity index (χ2v) is 9.53. The summed E-state index contributed by atoms with van der Waals surface area (Å²) in [6, 6.07) is 9.36. The van der Waals surface area contributed by atoms with Crippen LogP contribution in [0.25, 0.3) is 22.2 Å². The fraction of sp³-hybridized carbons (Fsp3) is 0.273. The van der Waals surface area contributed by atoms with Gasteiger partial charge in [-0.1, -0.05) is 12.1 Å². The van der Waals surface area contributed by atoms with E-state index in [0.717, 1.165) is 4.57 Å². The number of aliphatic hydroxyl groups is 1. The molecule has 0 aliphatic carbocycles. The summed E-state index contributed by atoms with van der Waals surface area (Å²) < 4.78 is 24.3. The first-order valence-electron chi connectivity index (χ1n) is 9.91. The number of aryl methyl sites for hydroxylation is 1. The Morgan fingerprint density at radius 3 is 2.66 bits per heavy atom. The molecular formula is C22H19ClFN3O4S. The Bertz CT molecular complexity index is 1490. The molecule has 5 rings (SSSR count). The average Bonchev–Trinajstić information content (AvgIpc) is 3.37. The van der Waals surface area contributed by atoms with Crippen LogP contribution in [0.4, 0.5) is 4.39 Å². The predicted octanol–water partition coefficient (Wildman–Crippen LogP) is 3.29. The van der Waals surface area contributed by atoms with Crippen molar-refractivity contribution in [2.45, 2.75) is 17.0 Å². The second-order valence-electron chi connectivity index (χ2n) is 7.75. The summed E-state index contributed by atoms with van der Waals surface area (Å²) >= 11 is 7.50. The largest absolute Gasteiger partial charge is 0.448 e. The van der Waals surface area contributed by atoms with Gasteiger partial charge in [0.1, 0.15) is 16.8 Å². The Balaban J connectivity index is 1.97. The maximum Gasteiger partial charge on any atom is 0.331 e. The molecule has 0 radical (unpaired) electrons. The van der Waals surface area contributed by atoms with Gasteiger partial charge in [-0.2, -0.15) is 0 Å². The van der Waals surface area contributed by atoms with E-state index in [2.05, 4.69) is 0 Å². The lowest BCUT2D eigenvalue weighted by atomic mass is 10.1. The maximum absolute atomic E-state index is 14.2. The van der Waals surface area contributed by atoms with Crippen molar-refractivity contribution >= 4 is 34.3 Å². The van der Waals surface area contributed by atoms with Crippen molar-refractivity contribution in [3.05, 3.63) is 79.7 Å². The highest BCUT2D eigenvalue weighted by atomic mass is 35.5. The average molecular weight is 476 g/mol. The van der Waals surface area contributed by atoms with Crippen molar-refractivity contribution in [1.29, 1.82) is 0 Å². The molecule has 0 spiro atoms. The number of hydrogen-bond donors (Lipinski definition) is 1. The van der Waals surface area contributed by atoms with E-state index in [4.69, 9.17) is 16.0 Å². The predicted molar refractivity (Wildman–Crippen MR) is 122 cm³/mol. The van der Waals surface area contributed by atoms with Crippen LogP contribution in [0.3, 0.4) is 0 Å². The summed E-state index contributed by atoms with van der Waals surface area (Å²) in [5, 5.41) is 9.87. The van der Waals surface area contributed by atoms with Crippen molar-refractivity contribution in [3.8, 4) is 11.3 Å². The first-order valence-corrected chi connectivity index (χ1v) is 11.2. The minimum absolute atomic E-state index is 0.108. The van der Waals surface area contributed by atoms with Gasteiger partial charge in [-0.15, -0.1) is 11.8 Å². The van der Waals surface area contributed by atoms with Crippen molar-refractivity contribution in [2.24, 2.45) is 14.1 Å². The van der Waals surface area contributed by atoms with Crippen LogP contribution >= 0.6 is 23.4 Å². The number of nitrogens with zero attached hydrogens (tertiary/aromatic N) is 3. The fourth-order valence-electron chi connectivity index (χ4n) is 4.41. The lowest BCUT2D eigenvalue weighted by molar-refractivity contribution is 0.283. The molecule has 4 heterocycles. The Kier molecular flexibility index (Phi) is 5.07. The third kappa shape index (κ3) is 3.07. The number of aliphatic hydroxyl groups excluding tert-OH is 1. The third-order valence-electron chi connectivity index (χ3n) is 5.82. The molecule has 0 unspecified atom stereocenters. The molecule has 1 aliphatic heterocycles. The van der Waals surface area contributed by atoms with Crippen LogP contribution in [0.2, 0.25) is 5.22 Å². The van der Waals surface area contributed by atoms with Crippen LogP contribution in [0.5, 0.6) is 0 Å². The lowest BCUT2D eigenvalue weighted by Crippen LogP contribution is -2.37. The number of rotatable bonds is 3. The summed E-state index contributed by atoms with van der Waals surface area (Å²) in [7, 11) is 3.03. The first-order chi connectivity index (χ1) is 15.3. The number of halogens is 2. The minimum Gasteiger partial charge on any atom is -0.448 e. The molecule has 1 aromatic carbocycles. The highest BCUT2D eigenvalue weighted by molar-refractivity contribution is 8.00. The maximum atomic E-state index is 14.2. The van der Waals surface area contributed by atoms with E-state index >= 15 is 0 Å². The van der Waals surface area contributed by atoms with Crippen molar-refractivity contribution in [1.82, 2.24) is 13.7 Å². The highest BCUT2D eigenvalue weighted by Crippen LogP contribution is 2.49. The molecule has 1 aliphatic rings. The van der Waals surface area contributed by atoms with E-state index in [1.54, 1.807) is 31.3 Å². The summed E-state index contributed by atoms with van der Waals surface area (Å²) in [6.45, 7) is 0.266. The summed E-state index contributed by atoms with van der Waals surface area (Å²) in [6.07, 6.45) is 0. The van der Waals surface area contributed by atoms with Gasteiger partial charge in [0.2, 0.25) is 0 Å². The number of hydrogen-bond acceptors (Lipinski definition) is 5. The topological polar surface area (TPSA) is 82.3 Å². The van der Waals surface area contributed by atoms with Crippen LogP contribution in [0.15, 0.2) is 50.4 Å². The van der Waals surface area contributed by atoms with Crippen molar-refractivity contribution in [2.75, 3.05) is 6.61 Å². The zero-order valence-corrected chi connectivity index (χ0v) is 18.8. The van der Waals surface area contributed by atoms with Crippen molar-refractivity contribution in [3.63, 3.8) is 0 Å². The van der Waals surface area contributed by atoms with E-state index in [0.29, 0.717) is 40.2 Å². The SMILES string of the molecule is Cn1c(=O)c2c(-c3cccc(F)c3)n3c(c2n(C)c1=O)[C@H](c1ccc(Cl)o1)S[C@@H](CO)C3. The van der Waals surface area contributed by atoms with Gasteiger partial charge in [-0.3, -0.25) is 13.9 Å². The molecular weight excluding hydrogens is 457 g/mol. The summed E-state index contributed by atoms with van der Waals surface area (Å²) in [5.74, 6) is 0.101. The smallest absolute Gasteiger partial charge is 0.331 e. The first kappa shape index (κ1) is 21.1. The Labute approximate surface area is 190 Å². The van der Waals surface area contributed by atoms with Crippen LogP contribution in [-0.4, -0.2) is 30.7 Å². The van der Waals surface area contributed by atoms with Crippen LogP contribution < -0.4 is 11.2 Å². The third-order valence-corrected chi connectivity index (χ3v) is 7.44. The number of benzene rings is 1. The molecule has 3 aromatic heterocycles. The van der Waals surface area contributed by atoms with Gasteiger partial charge in [0.25, 0.3) is 5.56 Å². The van der Waals surface area contributed by atoms with Crippen LogP contribution in [0, 0.1) is 5.82 Å². The standard InChI is InChI=1S/C22H19ClFN3O4S/c1-25-18-16(21(29)26(2)22(25)30)17(11-4-3-5-12(24)8-11)27-9-13(10-28)32-20(19(18)27)14-6-7-15(23)31-14/h3-8,13,20,28H,9-10H2,1-2H3/t13-,20+/m1/s1. The normalized spacial score (nSPS) is 18.3. The highest BCUT2D eigenvalue weighted by Gasteiger charge is 2.37. The van der Waals surface area contributed by atoms with Crippen LogP contribution in [0.1, 0.15) is 16.7 Å². The molecule has 4 aromatic rings.